The van der Waals surface area contributed by atoms with E-state index in [2.05, 4.69) is 17.1 Å². The van der Waals surface area contributed by atoms with Crippen molar-refractivity contribution in [3.05, 3.63) is 48.0 Å². The molecule has 0 aromatic heterocycles. The number of benzene rings is 1. The van der Waals surface area contributed by atoms with Gasteiger partial charge in [-0.2, -0.15) is 0 Å². The maximum absolute atomic E-state index is 12.5. The van der Waals surface area contributed by atoms with Gasteiger partial charge in [0.2, 0.25) is 0 Å². The molecule has 0 bridgehead atoms. The molecule has 1 aromatic rings. The van der Waals surface area contributed by atoms with Crippen molar-refractivity contribution in [3.63, 3.8) is 0 Å². The summed E-state index contributed by atoms with van der Waals surface area (Å²) in [5.74, 6) is 0.208. The van der Waals surface area contributed by atoms with Crippen molar-refractivity contribution in [1.82, 2.24) is 4.90 Å². The molecular formula is C14H17NO. The van der Waals surface area contributed by atoms with Gasteiger partial charge in [-0.25, -0.2) is 0 Å². The van der Waals surface area contributed by atoms with Crippen molar-refractivity contribution in [1.29, 1.82) is 0 Å². The SMILES string of the molecule is CN1CC=CCC1(C)C(=O)c1ccccc1. The highest BCUT2D eigenvalue weighted by Crippen LogP contribution is 2.26. The van der Waals surface area contributed by atoms with Crippen LogP contribution in [-0.2, 0) is 0 Å². The molecule has 2 nitrogen and oxygen atoms in total. The van der Waals surface area contributed by atoms with Gasteiger partial charge >= 0.3 is 0 Å². The number of Topliss-reactive ketones (excluding diaryl/α,β-unsaturated/α-hetero) is 1. The van der Waals surface area contributed by atoms with E-state index >= 15 is 0 Å². The van der Waals surface area contributed by atoms with Crippen molar-refractivity contribution in [2.75, 3.05) is 13.6 Å². The molecule has 16 heavy (non-hydrogen) atoms. The van der Waals surface area contributed by atoms with E-state index in [1.807, 2.05) is 44.3 Å². The monoisotopic (exact) mass is 215 g/mol. The standard InChI is InChI=1S/C14H17NO/c1-14(10-6-7-11-15(14)2)13(16)12-8-4-3-5-9-12/h3-9H,10-11H2,1-2H3. The Bertz CT molecular complexity index is 410. The van der Waals surface area contributed by atoms with Crippen LogP contribution in [0.15, 0.2) is 42.5 Å². The first kappa shape index (κ1) is 11.1. The predicted octanol–water partition coefficient (Wildman–Crippen LogP) is 2.52. The molecule has 1 atom stereocenters. The van der Waals surface area contributed by atoms with Gasteiger partial charge in [0, 0.05) is 12.1 Å². The zero-order chi connectivity index (χ0) is 11.6. The fraction of sp³-hybridized carbons (Fsp3) is 0.357. The molecule has 0 amide bonds. The van der Waals surface area contributed by atoms with E-state index in [1.165, 1.54) is 0 Å². The molecule has 2 heteroatoms. The molecule has 0 fully saturated rings. The highest BCUT2D eigenvalue weighted by atomic mass is 16.1. The lowest BCUT2D eigenvalue weighted by molar-refractivity contribution is 0.0680. The summed E-state index contributed by atoms with van der Waals surface area (Å²) in [5.41, 5.74) is 0.406. The second-order valence-corrected chi connectivity index (χ2v) is 4.53. The molecule has 1 heterocycles. The largest absolute Gasteiger partial charge is 0.292 e. The topological polar surface area (TPSA) is 20.3 Å². The van der Waals surface area contributed by atoms with E-state index in [-0.39, 0.29) is 5.78 Å². The van der Waals surface area contributed by atoms with Gasteiger partial charge in [-0.15, -0.1) is 0 Å². The third-order valence-electron chi connectivity index (χ3n) is 3.43. The molecular weight excluding hydrogens is 198 g/mol. The lowest BCUT2D eigenvalue weighted by atomic mass is 9.84. The number of carbonyl (C=O) groups is 1. The highest BCUT2D eigenvalue weighted by molar-refractivity contribution is 6.03. The Labute approximate surface area is 96.6 Å². The normalized spacial score (nSPS) is 25.6. The molecule has 2 rings (SSSR count). The summed E-state index contributed by atoms with van der Waals surface area (Å²) < 4.78 is 0. The van der Waals surface area contributed by atoms with Crippen molar-refractivity contribution in [2.45, 2.75) is 18.9 Å². The molecule has 0 saturated heterocycles. The van der Waals surface area contributed by atoms with Gasteiger partial charge in [-0.1, -0.05) is 42.5 Å². The minimum absolute atomic E-state index is 0.208. The zero-order valence-electron chi connectivity index (χ0n) is 9.81. The minimum Gasteiger partial charge on any atom is -0.292 e. The fourth-order valence-corrected chi connectivity index (χ4v) is 2.07. The number of ketones is 1. The van der Waals surface area contributed by atoms with Crippen LogP contribution in [0.5, 0.6) is 0 Å². The van der Waals surface area contributed by atoms with Crippen molar-refractivity contribution < 1.29 is 4.79 Å². The Morgan fingerprint density at radius 1 is 1.25 bits per heavy atom. The molecule has 0 spiro atoms. The van der Waals surface area contributed by atoms with Crippen molar-refractivity contribution in [3.8, 4) is 0 Å². The van der Waals surface area contributed by atoms with Crippen LogP contribution < -0.4 is 0 Å². The van der Waals surface area contributed by atoms with Crippen LogP contribution in [-0.4, -0.2) is 29.8 Å². The summed E-state index contributed by atoms with van der Waals surface area (Å²) in [6.45, 7) is 2.86. The second kappa shape index (κ2) is 4.22. The Balaban J connectivity index is 2.31. The van der Waals surface area contributed by atoms with Gasteiger partial charge in [-0.3, -0.25) is 9.69 Å². The van der Waals surface area contributed by atoms with E-state index in [4.69, 9.17) is 0 Å². The quantitative estimate of drug-likeness (QED) is 0.558. The smallest absolute Gasteiger partial charge is 0.183 e. The van der Waals surface area contributed by atoms with Crippen molar-refractivity contribution >= 4 is 5.78 Å². The average molecular weight is 215 g/mol. The summed E-state index contributed by atoms with van der Waals surface area (Å²) in [7, 11) is 2.00. The first-order valence-corrected chi connectivity index (χ1v) is 5.61. The molecule has 0 saturated carbocycles. The van der Waals surface area contributed by atoms with Crippen molar-refractivity contribution in [2.24, 2.45) is 0 Å². The Kier molecular flexibility index (Phi) is 2.92. The van der Waals surface area contributed by atoms with Crippen LogP contribution >= 0.6 is 0 Å². The summed E-state index contributed by atoms with van der Waals surface area (Å²) in [6, 6.07) is 9.54. The van der Waals surface area contributed by atoms with Crippen LogP contribution in [0.4, 0.5) is 0 Å². The van der Waals surface area contributed by atoms with Crippen LogP contribution in [0.3, 0.4) is 0 Å². The molecule has 84 valence electrons. The first-order valence-electron chi connectivity index (χ1n) is 5.61. The molecule has 1 unspecified atom stereocenters. The predicted molar refractivity (Wildman–Crippen MR) is 65.6 cm³/mol. The molecule has 1 aliphatic heterocycles. The van der Waals surface area contributed by atoms with Gasteiger partial charge < -0.3 is 0 Å². The Morgan fingerprint density at radius 2 is 1.94 bits per heavy atom. The summed E-state index contributed by atoms with van der Waals surface area (Å²) in [4.78, 5) is 14.6. The number of carbonyl (C=O) groups excluding carboxylic acids is 1. The van der Waals surface area contributed by atoms with Crippen LogP contribution in [0.25, 0.3) is 0 Å². The molecule has 1 aliphatic rings. The van der Waals surface area contributed by atoms with Crippen LogP contribution in [0.1, 0.15) is 23.7 Å². The van der Waals surface area contributed by atoms with Gasteiger partial charge in [-0.05, 0) is 20.4 Å². The van der Waals surface area contributed by atoms with Gasteiger partial charge in [0.15, 0.2) is 5.78 Å². The van der Waals surface area contributed by atoms with Crippen LogP contribution in [0, 0.1) is 0 Å². The van der Waals surface area contributed by atoms with E-state index in [1.54, 1.807) is 0 Å². The van der Waals surface area contributed by atoms with Gasteiger partial charge in [0.25, 0.3) is 0 Å². The zero-order valence-corrected chi connectivity index (χ0v) is 9.81. The van der Waals surface area contributed by atoms with E-state index in [9.17, 15) is 4.79 Å². The van der Waals surface area contributed by atoms with Crippen LogP contribution in [0.2, 0.25) is 0 Å². The Morgan fingerprint density at radius 3 is 2.56 bits per heavy atom. The minimum atomic E-state index is -0.393. The van der Waals surface area contributed by atoms with E-state index < -0.39 is 5.54 Å². The van der Waals surface area contributed by atoms with Gasteiger partial charge in [0.1, 0.15) is 0 Å². The molecule has 1 aromatic carbocycles. The Hall–Kier alpha value is -1.41. The third kappa shape index (κ3) is 1.81. The lowest BCUT2D eigenvalue weighted by Crippen LogP contribution is -2.51. The number of hydrogen-bond acceptors (Lipinski definition) is 2. The maximum Gasteiger partial charge on any atom is 0.183 e. The molecule has 0 aliphatic carbocycles. The summed E-state index contributed by atoms with van der Waals surface area (Å²) in [5, 5.41) is 0. The second-order valence-electron chi connectivity index (χ2n) is 4.53. The number of hydrogen-bond donors (Lipinski definition) is 0. The molecule has 0 N–H and O–H groups in total. The first-order chi connectivity index (χ1) is 7.64. The molecule has 0 radical (unpaired) electrons. The van der Waals surface area contributed by atoms with E-state index in [0.717, 1.165) is 18.5 Å². The number of nitrogens with zero attached hydrogens (tertiary/aromatic N) is 1. The maximum atomic E-state index is 12.5. The highest BCUT2D eigenvalue weighted by Gasteiger charge is 2.37. The van der Waals surface area contributed by atoms with Gasteiger partial charge in [0.05, 0.1) is 5.54 Å². The van der Waals surface area contributed by atoms with E-state index in [0.29, 0.717) is 0 Å². The third-order valence-corrected chi connectivity index (χ3v) is 3.43. The fourth-order valence-electron chi connectivity index (χ4n) is 2.07. The lowest BCUT2D eigenvalue weighted by Gasteiger charge is -2.38. The summed E-state index contributed by atoms with van der Waals surface area (Å²) in [6.07, 6.45) is 5.00. The summed E-state index contributed by atoms with van der Waals surface area (Å²) >= 11 is 0. The number of likely N-dealkylation sites (N-methyl/N-ethyl adjacent to an activating group) is 1. The average Bonchev–Trinajstić information content (AvgIpc) is 2.33. The number of rotatable bonds is 2.